The molecule has 0 aliphatic carbocycles. The summed E-state index contributed by atoms with van der Waals surface area (Å²) in [6.07, 6.45) is 0.152. The number of hydrogen-bond donors (Lipinski definition) is 0. The quantitative estimate of drug-likeness (QED) is 0.615. The Morgan fingerprint density at radius 2 is 1.40 bits per heavy atom. The van der Waals surface area contributed by atoms with E-state index in [1.165, 1.54) is 0 Å². The largest absolute Gasteiger partial charge is 0.491 e. The van der Waals surface area contributed by atoms with Crippen molar-refractivity contribution in [2.45, 2.75) is 25.3 Å². The predicted molar refractivity (Wildman–Crippen MR) is 86.4 cm³/mol. The maximum atomic E-state index is 6.48. The lowest BCUT2D eigenvalue weighted by Gasteiger charge is -2.13. The minimum absolute atomic E-state index is 0.152. The third-order valence-corrected chi connectivity index (χ3v) is 3.66. The molecule has 0 heterocycles. The van der Waals surface area contributed by atoms with Crippen molar-refractivity contribution < 1.29 is 4.74 Å². The van der Waals surface area contributed by atoms with Gasteiger partial charge in [0.05, 0.1) is 11.5 Å². The van der Waals surface area contributed by atoms with Crippen molar-refractivity contribution in [2.75, 3.05) is 0 Å². The van der Waals surface area contributed by atoms with Crippen molar-refractivity contribution in [3.63, 3.8) is 0 Å². The van der Waals surface area contributed by atoms with Gasteiger partial charge in [-0.1, -0.05) is 35.3 Å². The first kappa shape index (κ1) is 15.5. The molecule has 1 atom stereocenters. The van der Waals surface area contributed by atoms with Crippen LogP contribution in [0.25, 0.3) is 0 Å². The van der Waals surface area contributed by atoms with Gasteiger partial charge in [0.15, 0.2) is 0 Å². The standard InChI is InChI=1S/C16H15Cl3O/c1-10(2)20-15-5-3-11(4-6-15)16(19)12-7-13(17)9-14(18)8-12/h3-10,16H,1-2H3. The van der Waals surface area contributed by atoms with Gasteiger partial charge in [-0.05, 0) is 55.3 Å². The van der Waals surface area contributed by atoms with E-state index in [2.05, 4.69) is 0 Å². The van der Waals surface area contributed by atoms with Crippen LogP contribution in [-0.4, -0.2) is 6.10 Å². The van der Waals surface area contributed by atoms with Crippen molar-refractivity contribution in [2.24, 2.45) is 0 Å². The third-order valence-electron chi connectivity index (χ3n) is 2.72. The Kier molecular flexibility index (Phi) is 5.20. The van der Waals surface area contributed by atoms with Crippen LogP contribution in [0, 0.1) is 0 Å². The molecule has 106 valence electrons. The van der Waals surface area contributed by atoms with Gasteiger partial charge in [0.1, 0.15) is 5.75 Å². The second-order valence-corrected chi connectivity index (χ2v) is 6.11. The molecular formula is C16H15Cl3O. The van der Waals surface area contributed by atoms with Gasteiger partial charge in [0.25, 0.3) is 0 Å². The van der Waals surface area contributed by atoms with Gasteiger partial charge in [-0.15, -0.1) is 11.6 Å². The molecule has 0 spiro atoms. The van der Waals surface area contributed by atoms with Gasteiger partial charge >= 0.3 is 0 Å². The second kappa shape index (κ2) is 6.71. The highest BCUT2D eigenvalue weighted by Crippen LogP contribution is 2.33. The van der Waals surface area contributed by atoms with E-state index in [1.807, 2.05) is 50.2 Å². The van der Waals surface area contributed by atoms with Crippen molar-refractivity contribution in [1.82, 2.24) is 0 Å². The summed E-state index contributed by atoms with van der Waals surface area (Å²) in [4.78, 5) is 0. The molecule has 0 aromatic heterocycles. The van der Waals surface area contributed by atoms with Gasteiger partial charge in [-0.25, -0.2) is 0 Å². The lowest BCUT2D eigenvalue weighted by molar-refractivity contribution is 0.242. The monoisotopic (exact) mass is 328 g/mol. The molecule has 0 N–H and O–H groups in total. The van der Waals surface area contributed by atoms with E-state index in [0.29, 0.717) is 10.0 Å². The molecule has 0 saturated heterocycles. The van der Waals surface area contributed by atoms with E-state index in [0.717, 1.165) is 16.9 Å². The normalized spacial score (nSPS) is 12.5. The average Bonchev–Trinajstić information content (AvgIpc) is 2.37. The van der Waals surface area contributed by atoms with E-state index >= 15 is 0 Å². The first-order valence-corrected chi connectivity index (χ1v) is 7.51. The Morgan fingerprint density at radius 1 is 0.850 bits per heavy atom. The highest BCUT2D eigenvalue weighted by molar-refractivity contribution is 6.35. The molecule has 0 saturated carbocycles. The average molecular weight is 330 g/mol. The van der Waals surface area contributed by atoms with Crippen molar-refractivity contribution in [3.8, 4) is 5.75 Å². The fourth-order valence-electron chi connectivity index (χ4n) is 1.90. The maximum absolute atomic E-state index is 6.48. The Morgan fingerprint density at radius 3 is 1.90 bits per heavy atom. The zero-order valence-electron chi connectivity index (χ0n) is 11.2. The summed E-state index contributed by atoms with van der Waals surface area (Å²) in [5, 5.41) is 0.870. The summed E-state index contributed by atoms with van der Waals surface area (Å²) in [5.74, 6) is 0.830. The summed E-state index contributed by atoms with van der Waals surface area (Å²) < 4.78 is 5.61. The summed E-state index contributed by atoms with van der Waals surface area (Å²) in [5.41, 5.74) is 1.85. The number of rotatable bonds is 4. The number of alkyl halides is 1. The van der Waals surface area contributed by atoms with Crippen LogP contribution in [0.3, 0.4) is 0 Å². The molecule has 0 aliphatic rings. The smallest absolute Gasteiger partial charge is 0.119 e. The number of hydrogen-bond acceptors (Lipinski definition) is 1. The predicted octanol–water partition coefficient (Wildman–Crippen LogP) is 6.11. The van der Waals surface area contributed by atoms with E-state index in [4.69, 9.17) is 39.5 Å². The number of benzene rings is 2. The molecule has 1 nitrogen and oxygen atoms in total. The van der Waals surface area contributed by atoms with Gasteiger partial charge < -0.3 is 4.74 Å². The van der Waals surface area contributed by atoms with Crippen LogP contribution in [0.15, 0.2) is 42.5 Å². The van der Waals surface area contributed by atoms with Crippen LogP contribution in [0.5, 0.6) is 5.75 Å². The minimum Gasteiger partial charge on any atom is -0.491 e. The molecule has 0 radical (unpaired) electrons. The SMILES string of the molecule is CC(C)Oc1ccc(C(Cl)c2cc(Cl)cc(Cl)c2)cc1. The molecule has 4 heteroatoms. The van der Waals surface area contributed by atoms with E-state index < -0.39 is 0 Å². The van der Waals surface area contributed by atoms with E-state index in [-0.39, 0.29) is 11.5 Å². The molecule has 0 amide bonds. The maximum Gasteiger partial charge on any atom is 0.119 e. The van der Waals surface area contributed by atoms with Crippen molar-refractivity contribution in [3.05, 3.63) is 63.6 Å². The molecule has 0 fully saturated rings. The molecule has 0 aliphatic heterocycles. The fourth-order valence-corrected chi connectivity index (χ4v) is 2.72. The molecule has 2 aromatic carbocycles. The summed E-state index contributed by atoms with van der Waals surface area (Å²) in [6, 6.07) is 13.1. The van der Waals surface area contributed by atoms with Crippen LogP contribution in [-0.2, 0) is 0 Å². The van der Waals surface area contributed by atoms with E-state index in [1.54, 1.807) is 6.07 Å². The Bertz CT molecular complexity index is 559. The highest BCUT2D eigenvalue weighted by Gasteiger charge is 2.12. The lowest BCUT2D eigenvalue weighted by Crippen LogP contribution is -2.05. The molecule has 1 unspecified atom stereocenters. The van der Waals surface area contributed by atoms with Gasteiger partial charge in [-0.3, -0.25) is 0 Å². The van der Waals surface area contributed by atoms with Crippen LogP contribution in [0.1, 0.15) is 30.4 Å². The fraction of sp³-hybridized carbons (Fsp3) is 0.250. The molecule has 2 rings (SSSR count). The van der Waals surface area contributed by atoms with Crippen LogP contribution >= 0.6 is 34.8 Å². The lowest BCUT2D eigenvalue weighted by atomic mass is 10.0. The van der Waals surface area contributed by atoms with Crippen molar-refractivity contribution in [1.29, 1.82) is 0 Å². The Labute approximate surface area is 134 Å². The van der Waals surface area contributed by atoms with Gasteiger partial charge in [0, 0.05) is 10.0 Å². The minimum atomic E-state index is -0.292. The summed E-state index contributed by atoms with van der Waals surface area (Å²) in [6.45, 7) is 3.98. The van der Waals surface area contributed by atoms with Crippen LogP contribution in [0.4, 0.5) is 0 Å². The Hall–Kier alpha value is -0.890. The van der Waals surface area contributed by atoms with Crippen molar-refractivity contribution >= 4 is 34.8 Å². The number of ether oxygens (including phenoxy) is 1. The zero-order valence-corrected chi connectivity index (χ0v) is 13.5. The first-order valence-electron chi connectivity index (χ1n) is 6.32. The third kappa shape index (κ3) is 4.05. The first-order chi connectivity index (χ1) is 9.45. The van der Waals surface area contributed by atoms with Crippen LogP contribution in [0.2, 0.25) is 10.0 Å². The summed E-state index contributed by atoms with van der Waals surface area (Å²) in [7, 11) is 0. The second-order valence-electron chi connectivity index (χ2n) is 4.80. The molecule has 0 bridgehead atoms. The topological polar surface area (TPSA) is 9.23 Å². The number of halogens is 3. The van der Waals surface area contributed by atoms with E-state index in [9.17, 15) is 0 Å². The molecule has 20 heavy (non-hydrogen) atoms. The van der Waals surface area contributed by atoms with Gasteiger partial charge in [0.2, 0.25) is 0 Å². The molecular weight excluding hydrogens is 315 g/mol. The van der Waals surface area contributed by atoms with Gasteiger partial charge in [-0.2, -0.15) is 0 Å². The Balaban J connectivity index is 2.22. The van der Waals surface area contributed by atoms with Crippen LogP contribution < -0.4 is 4.74 Å². The highest BCUT2D eigenvalue weighted by atomic mass is 35.5. The summed E-state index contributed by atoms with van der Waals surface area (Å²) >= 11 is 18.5. The molecule has 2 aromatic rings. The zero-order chi connectivity index (χ0) is 14.7.